The first kappa shape index (κ1) is 37.8. The molecule has 2 rings (SSSR count). The Bertz CT molecular complexity index is 1110. The average Bonchev–Trinajstić information content (AvgIpc) is 3.23. The summed E-state index contributed by atoms with van der Waals surface area (Å²) >= 11 is 0. The molecule has 1 saturated heterocycles. The number of aliphatic hydroxyl groups is 2. The van der Waals surface area contributed by atoms with Crippen LogP contribution in [0.3, 0.4) is 0 Å². The number of imide groups is 1. The minimum atomic E-state index is -1.50. The molecule has 44 heavy (non-hydrogen) atoms. The molecule has 2 radical (unpaired) electrons. The number of nitrogens with two attached hydrogens (primary N) is 1. The van der Waals surface area contributed by atoms with Crippen LogP contribution in [0.1, 0.15) is 33.1 Å². The Morgan fingerprint density at radius 1 is 1.02 bits per heavy atom. The number of hydrogen-bond donors (Lipinski definition) is 7. The van der Waals surface area contributed by atoms with Gasteiger partial charge in [-0.3, -0.25) is 33.7 Å². The number of carboxylic acid groups (broad SMARTS) is 1. The number of ether oxygens (including phenoxy) is 2. The van der Waals surface area contributed by atoms with Crippen LogP contribution in [-0.4, -0.2) is 132 Å². The highest BCUT2D eigenvalue weighted by atomic mass is 16.7. The van der Waals surface area contributed by atoms with Crippen molar-refractivity contribution in [3.05, 3.63) is 12.2 Å². The highest BCUT2D eigenvalue weighted by Crippen LogP contribution is 2.21. The van der Waals surface area contributed by atoms with Crippen molar-refractivity contribution in [1.82, 2.24) is 20.9 Å². The number of carbonyl (C=O) groups is 8. The number of rotatable bonds is 15. The summed E-state index contributed by atoms with van der Waals surface area (Å²) in [6, 6.07) is -0.774. The molecule has 6 amide bonds. The molecule has 4 unspecified atom stereocenters. The van der Waals surface area contributed by atoms with E-state index >= 15 is 0 Å². The fourth-order valence-electron chi connectivity index (χ4n) is 3.64. The predicted octanol–water partition coefficient (Wildman–Crippen LogP) is -4.83. The second kappa shape index (κ2) is 18.5. The normalized spacial score (nSPS) is 21.6. The molecule has 0 saturated carbocycles. The lowest BCUT2D eigenvalue weighted by molar-refractivity contribution is -0.264. The number of primary amides is 1. The van der Waals surface area contributed by atoms with Crippen molar-refractivity contribution in [2.75, 3.05) is 26.2 Å². The van der Waals surface area contributed by atoms with Crippen LogP contribution < -0.4 is 21.7 Å². The smallest absolute Gasteiger partial charge is 0.335 e. The van der Waals surface area contributed by atoms with Crippen LogP contribution >= 0.6 is 0 Å². The van der Waals surface area contributed by atoms with E-state index in [9.17, 15) is 48.6 Å². The molecule has 18 nitrogen and oxygen atoms in total. The van der Waals surface area contributed by atoms with E-state index < -0.39 is 84.3 Å². The maximum atomic E-state index is 11.7. The van der Waals surface area contributed by atoms with Crippen LogP contribution in [0.25, 0.3) is 0 Å². The van der Waals surface area contributed by atoms with E-state index in [0.717, 1.165) is 17.1 Å². The zero-order valence-electron chi connectivity index (χ0n) is 24.1. The van der Waals surface area contributed by atoms with Gasteiger partial charge in [-0.25, -0.2) is 4.79 Å². The second-order valence-corrected chi connectivity index (χ2v) is 9.89. The molecule has 0 spiro atoms. The topological polar surface area (TPSA) is 281 Å². The molecule has 5 atom stereocenters. The molecular weight excluding hydrogens is 589 g/mol. The summed E-state index contributed by atoms with van der Waals surface area (Å²) < 4.78 is 10.0. The van der Waals surface area contributed by atoms with Crippen LogP contribution in [0.15, 0.2) is 12.2 Å². The molecule has 8 N–H and O–H groups in total. The van der Waals surface area contributed by atoms with Gasteiger partial charge in [0.1, 0.15) is 18.7 Å². The Morgan fingerprint density at radius 2 is 1.64 bits per heavy atom. The number of carbonyl (C=O) groups excluding carboxylic acids is 7. The zero-order chi connectivity index (χ0) is 33.6. The average molecular weight is 625 g/mol. The molecule has 0 aromatic heterocycles. The molecule has 242 valence electrons. The van der Waals surface area contributed by atoms with Gasteiger partial charge in [-0.15, -0.1) is 0 Å². The van der Waals surface area contributed by atoms with Crippen molar-refractivity contribution in [2.24, 2.45) is 11.7 Å². The highest BCUT2D eigenvalue weighted by Gasteiger charge is 2.40. The number of nitrogens with one attached hydrogen (secondary N) is 3. The fraction of sp³-hybridized carbons (Fsp3) is 0.600. The molecule has 1 fully saturated rings. The fourth-order valence-corrected chi connectivity index (χ4v) is 3.64. The first-order valence-electron chi connectivity index (χ1n) is 13.3. The van der Waals surface area contributed by atoms with E-state index in [1.165, 1.54) is 0 Å². The first-order chi connectivity index (χ1) is 20.5. The van der Waals surface area contributed by atoms with E-state index in [4.69, 9.17) is 28.2 Å². The van der Waals surface area contributed by atoms with Gasteiger partial charge in [-0.1, -0.05) is 13.8 Å². The van der Waals surface area contributed by atoms with Gasteiger partial charge >= 0.3 is 5.97 Å². The molecule has 2 heterocycles. The number of hydrogen-bond acceptors (Lipinski definition) is 12. The molecule has 2 aliphatic heterocycles. The summed E-state index contributed by atoms with van der Waals surface area (Å²) in [6.45, 7) is 2.65. The van der Waals surface area contributed by atoms with Crippen molar-refractivity contribution in [3.8, 4) is 0 Å². The second-order valence-electron chi connectivity index (χ2n) is 9.89. The Morgan fingerprint density at radius 3 is 2.16 bits per heavy atom. The summed E-state index contributed by atoms with van der Waals surface area (Å²) in [5, 5.41) is 35.0. The standard InChI is InChI=1S/C14H20N4O5.C11H16BNO8/c1-8(2)13(14(15)23)17-9(19)5-6-16-10(20)7-18-11(21)3-4-12(18)22;12-7(16)4-13-8(17)1-2-20-11-6(15)3-5(14)9(21-11)10(18)19/h3-4,8,13H,5-7H2,1-2H3,(H2,15,23)(H,16,20)(H,17,19);5-6,9,11,14-15H,1-4H2,(H,13,17)(H,18,19)/t;5?,6?,9-,11?/m.0/s1. The van der Waals surface area contributed by atoms with Crippen molar-refractivity contribution in [3.63, 3.8) is 0 Å². The van der Waals surface area contributed by atoms with Crippen LogP contribution in [-0.2, 0) is 47.8 Å². The Kier molecular flexibility index (Phi) is 15.9. The van der Waals surface area contributed by atoms with E-state index in [0.29, 0.717) is 0 Å². The van der Waals surface area contributed by atoms with Crippen molar-refractivity contribution < 1.29 is 63.1 Å². The highest BCUT2D eigenvalue weighted by molar-refractivity contribution is 6.58. The molecule has 19 heteroatoms. The Balaban J connectivity index is 0.000000442. The summed E-state index contributed by atoms with van der Waals surface area (Å²) in [5.41, 5.74) is 4.50. The number of carboxylic acids is 1. The van der Waals surface area contributed by atoms with Crippen LogP contribution in [0.2, 0.25) is 0 Å². The SMILES string of the molecule is CC(C)C(NC(=O)CCNC(=O)CN1C(=O)C=CC1=O)C(N)=O.[B]C(=O)CNC(=O)CCOC1O[C@H](C(=O)O)C(O)CC1O. The Hall–Kier alpha value is -4.20. The quantitative estimate of drug-likeness (QED) is 0.0665. The lowest BCUT2D eigenvalue weighted by atomic mass is 10.0. The van der Waals surface area contributed by atoms with Crippen molar-refractivity contribution in [2.45, 2.75) is 63.8 Å². The molecule has 2 aliphatic rings. The maximum Gasteiger partial charge on any atom is 0.335 e. The largest absolute Gasteiger partial charge is 0.479 e. The zero-order valence-corrected chi connectivity index (χ0v) is 24.1. The van der Waals surface area contributed by atoms with Gasteiger partial charge < -0.3 is 51.3 Å². The van der Waals surface area contributed by atoms with E-state index in [1.54, 1.807) is 13.8 Å². The first-order valence-corrected chi connectivity index (χ1v) is 13.3. The number of nitrogens with zero attached hydrogens (tertiary/aromatic N) is 1. The van der Waals surface area contributed by atoms with Crippen molar-refractivity contribution in [1.29, 1.82) is 0 Å². The third kappa shape index (κ3) is 13.4. The van der Waals surface area contributed by atoms with Gasteiger partial charge in [-0.2, -0.15) is 0 Å². The Labute approximate surface area is 253 Å². The molecule has 0 bridgehead atoms. The molecule has 0 aromatic carbocycles. The van der Waals surface area contributed by atoms with Gasteiger partial charge in [0.2, 0.25) is 23.6 Å². The molecule has 0 aromatic rings. The number of aliphatic carboxylic acids is 1. The van der Waals surface area contributed by atoms with E-state index in [1.807, 2.05) is 0 Å². The lowest BCUT2D eigenvalue weighted by Crippen LogP contribution is -2.51. The van der Waals surface area contributed by atoms with Crippen LogP contribution in [0, 0.1) is 5.92 Å². The number of aliphatic hydroxyl groups excluding tert-OH is 2. The summed E-state index contributed by atoms with van der Waals surface area (Å²) in [7, 11) is 4.84. The van der Waals surface area contributed by atoms with Crippen LogP contribution in [0.4, 0.5) is 0 Å². The summed E-state index contributed by atoms with van der Waals surface area (Å²) in [5.74, 6) is -4.73. The summed E-state index contributed by atoms with van der Waals surface area (Å²) in [6.07, 6.45) is -3.52. The summed E-state index contributed by atoms with van der Waals surface area (Å²) in [4.78, 5) is 90.4. The van der Waals surface area contributed by atoms with Crippen LogP contribution in [0.5, 0.6) is 0 Å². The lowest BCUT2D eigenvalue weighted by Gasteiger charge is -2.34. The van der Waals surface area contributed by atoms with Gasteiger partial charge in [-0.05, 0) is 5.92 Å². The predicted molar refractivity (Wildman–Crippen MR) is 147 cm³/mol. The third-order valence-corrected chi connectivity index (χ3v) is 5.91. The number of amides is 6. The molecular formula is C25H36BN5O13. The van der Waals surface area contributed by atoms with Gasteiger partial charge in [0.25, 0.3) is 11.8 Å². The van der Waals surface area contributed by atoms with Gasteiger partial charge in [0.15, 0.2) is 20.2 Å². The van der Waals surface area contributed by atoms with Crippen molar-refractivity contribution >= 4 is 54.9 Å². The van der Waals surface area contributed by atoms with E-state index in [2.05, 4.69) is 16.0 Å². The van der Waals surface area contributed by atoms with Gasteiger partial charge in [0, 0.05) is 31.5 Å². The minimum absolute atomic E-state index is 0.0118. The van der Waals surface area contributed by atoms with E-state index in [-0.39, 0.29) is 44.9 Å². The maximum absolute atomic E-state index is 11.7. The third-order valence-electron chi connectivity index (χ3n) is 5.91. The van der Waals surface area contributed by atoms with Gasteiger partial charge in [0.05, 0.1) is 31.4 Å². The monoisotopic (exact) mass is 625 g/mol. The molecule has 0 aliphatic carbocycles. The minimum Gasteiger partial charge on any atom is -0.479 e.